The molecule has 1 heterocycles. The van der Waals surface area contributed by atoms with Gasteiger partial charge in [-0.1, -0.05) is 47.2 Å². The topological polar surface area (TPSA) is 155 Å². The van der Waals surface area contributed by atoms with Crippen molar-refractivity contribution in [1.82, 2.24) is 5.32 Å². The molecule has 260 valence electrons. The van der Waals surface area contributed by atoms with E-state index in [0.717, 1.165) is 10.8 Å². The molecule has 11 nitrogen and oxygen atoms in total. The van der Waals surface area contributed by atoms with E-state index in [1.54, 1.807) is 26.8 Å². The number of esters is 2. The number of allylic oxidation sites excluding steroid dienone is 4. The molecule has 4 aliphatic carbocycles. The molecular weight excluding hydrogens is 728 g/mol. The molecule has 3 fully saturated rings. The van der Waals surface area contributed by atoms with Crippen LogP contribution >= 0.6 is 22.6 Å². The molecule has 0 radical (unpaired) electrons. The Bertz CT molecular complexity index is 1400. The minimum Gasteiger partial charge on any atom is -0.464 e. The molecule has 2 N–H and O–H groups in total. The number of ether oxygens (including phenoxy) is 4. The van der Waals surface area contributed by atoms with Crippen molar-refractivity contribution in [3.05, 3.63) is 23.8 Å². The Hall–Kier alpha value is -2.23. The zero-order valence-electron chi connectivity index (χ0n) is 27.6. The molecule has 1 amide bonds. The van der Waals surface area contributed by atoms with Gasteiger partial charge in [-0.25, -0.2) is 9.18 Å². The maximum absolute atomic E-state index is 17.6. The molecule has 9 atom stereocenters. The molecule has 0 aromatic carbocycles. The minimum absolute atomic E-state index is 0.0932. The second-order valence-electron chi connectivity index (χ2n) is 14.4. The molecule has 0 bridgehead atoms. The largest absolute Gasteiger partial charge is 0.464 e. The van der Waals surface area contributed by atoms with Crippen LogP contribution in [0.3, 0.4) is 0 Å². The molecule has 13 heteroatoms. The summed E-state index contributed by atoms with van der Waals surface area (Å²) < 4.78 is 41.9. The number of nitrogens with one attached hydrogen (secondary N) is 1. The molecule has 1 saturated heterocycles. The second-order valence-corrected chi connectivity index (χ2v) is 15.5. The quantitative estimate of drug-likeness (QED) is 0.105. The van der Waals surface area contributed by atoms with Gasteiger partial charge in [-0.2, -0.15) is 0 Å². The number of rotatable bonds is 11. The number of aliphatic hydroxyl groups excluding tert-OH is 1. The maximum atomic E-state index is 17.6. The highest BCUT2D eigenvalue weighted by molar-refractivity contribution is 14.1. The summed E-state index contributed by atoms with van der Waals surface area (Å²) in [5, 5.41) is 14.1. The van der Waals surface area contributed by atoms with Crippen molar-refractivity contribution in [2.24, 2.45) is 22.7 Å². The monoisotopic (exact) mass is 773 g/mol. The van der Waals surface area contributed by atoms with Crippen LogP contribution in [-0.4, -0.2) is 87.5 Å². The molecule has 0 spiro atoms. The number of carbonyl (C=O) groups excluding carboxylic acids is 5. The van der Waals surface area contributed by atoms with Gasteiger partial charge in [-0.3, -0.25) is 19.2 Å². The van der Waals surface area contributed by atoms with E-state index >= 15 is 4.39 Å². The number of ketones is 2. The number of alkyl halides is 2. The van der Waals surface area contributed by atoms with Crippen molar-refractivity contribution in [2.45, 2.75) is 115 Å². The molecule has 0 aromatic rings. The van der Waals surface area contributed by atoms with E-state index in [2.05, 4.69) is 27.9 Å². The van der Waals surface area contributed by atoms with Gasteiger partial charge in [0.25, 0.3) is 0 Å². The van der Waals surface area contributed by atoms with E-state index in [1.165, 1.54) is 13.0 Å². The van der Waals surface area contributed by atoms with Crippen LogP contribution in [0, 0.1) is 22.7 Å². The number of halogens is 2. The zero-order chi connectivity index (χ0) is 34.6. The number of hydrogen-bond acceptors (Lipinski definition) is 10. The van der Waals surface area contributed by atoms with Crippen LogP contribution in [0.2, 0.25) is 0 Å². The summed E-state index contributed by atoms with van der Waals surface area (Å²) in [6.45, 7) is 7.51. The van der Waals surface area contributed by atoms with Crippen molar-refractivity contribution in [3.8, 4) is 0 Å². The first-order chi connectivity index (χ1) is 21.9. The van der Waals surface area contributed by atoms with Crippen molar-refractivity contribution < 1.29 is 52.4 Å². The third-order valence-corrected chi connectivity index (χ3v) is 11.9. The van der Waals surface area contributed by atoms with E-state index in [9.17, 15) is 29.1 Å². The number of unbranched alkanes of at least 4 members (excludes halogenated alkanes) is 1. The number of Topliss-reactive ketones (excluding diaryl/α,β-unsaturated/α-hetero) is 1. The fourth-order valence-corrected chi connectivity index (χ4v) is 9.64. The van der Waals surface area contributed by atoms with Crippen LogP contribution in [0.1, 0.15) is 79.6 Å². The van der Waals surface area contributed by atoms with Crippen LogP contribution in [0.5, 0.6) is 0 Å². The molecule has 1 aliphatic heterocycles. The molecular formula is C34H45FINO10. The van der Waals surface area contributed by atoms with Crippen molar-refractivity contribution >= 4 is 52.0 Å². The average molecular weight is 774 g/mol. The first-order valence-electron chi connectivity index (χ1n) is 16.3. The highest BCUT2D eigenvalue weighted by atomic mass is 127. The highest BCUT2D eigenvalue weighted by Gasteiger charge is 2.80. The Labute approximate surface area is 287 Å². The van der Waals surface area contributed by atoms with Gasteiger partial charge in [0.2, 0.25) is 11.7 Å². The summed E-state index contributed by atoms with van der Waals surface area (Å²) in [7, 11) is 0. The third-order valence-electron chi connectivity index (χ3n) is 11.2. The Kier molecular flexibility index (Phi) is 9.90. The van der Waals surface area contributed by atoms with Gasteiger partial charge in [-0.05, 0) is 69.3 Å². The third kappa shape index (κ3) is 5.90. The smallest absolute Gasteiger partial charge is 0.329 e. The van der Waals surface area contributed by atoms with Crippen molar-refractivity contribution in [3.63, 3.8) is 0 Å². The molecule has 2 saturated carbocycles. The van der Waals surface area contributed by atoms with Gasteiger partial charge in [0, 0.05) is 30.1 Å². The van der Waals surface area contributed by atoms with Crippen molar-refractivity contribution in [1.29, 1.82) is 0 Å². The summed E-state index contributed by atoms with van der Waals surface area (Å²) in [6, 6.07) is -1.29. The number of aliphatic hydroxyl groups is 1. The Morgan fingerprint density at radius 3 is 2.55 bits per heavy atom. The highest BCUT2D eigenvalue weighted by Crippen LogP contribution is 2.71. The first kappa shape index (κ1) is 36.1. The predicted octanol–water partition coefficient (Wildman–Crippen LogP) is 3.62. The minimum atomic E-state index is -2.10. The lowest BCUT2D eigenvalue weighted by atomic mass is 9.45. The maximum Gasteiger partial charge on any atom is 0.329 e. The van der Waals surface area contributed by atoms with Gasteiger partial charge in [0.1, 0.15) is 6.04 Å². The number of fused-ring (bicyclic) bond motifs is 7. The molecule has 0 aromatic heterocycles. The Balaban J connectivity index is 1.37. The van der Waals surface area contributed by atoms with E-state index in [0.29, 0.717) is 12.0 Å². The predicted molar refractivity (Wildman–Crippen MR) is 174 cm³/mol. The van der Waals surface area contributed by atoms with Crippen LogP contribution in [0.4, 0.5) is 4.39 Å². The van der Waals surface area contributed by atoms with Gasteiger partial charge in [-0.15, -0.1) is 0 Å². The first-order valence-corrected chi connectivity index (χ1v) is 17.8. The molecule has 5 rings (SSSR count). The summed E-state index contributed by atoms with van der Waals surface area (Å²) in [5.41, 5.74) is -5.42. The van der Waals surface area contributed by atoms with Crippen LogP contribution in [0.15, 0.2) is 23.8 Å². The SMILES string of the molecule is CC(=O)NC(CC(=O)OCC(=O)[C@@]12OC(C)(C)O[C@@H]1C[C@H]1[C@@H]3CC=C4CC(=O)C=C[C@]4(C)[C@@]3(F)[C@@H](O)C[C@@]12C)C(=O)OCCCCI. The lowest BCUT2D eigenvalue weighted by Crippen LogP contribution is -2.69. The van der Waals surface area contributed by atoms with E-state index in [4.69, 9.17) is 18.9 Å². The van der Waals surface area contributed by atoms with E-state index in [1.807, 2.05) is 13.0 Å². The summed E-state index contributed by atoms with van der Waals surface area (Å²) in [6.07, 6.45) is 4.00. The Morgan fingerprint density at radius 1 is 1.15 bits per heavy atom. The van der Waals surface area contributed by atoms with Crippen LogP contribution in [-0.2, 0) is 42.9 Å². The number of amides is 1. The number of carbonyl (C=O) groups is 5. The lowest BCUT2D eigenvalue weighted by molar-refractivity contribution is -0.243. The molecule has 47 heavy (non-hydrogen) atoms. The van der Waals surface area contributed by atoms with Crippen molar-refractivity contribution in [2.75, 3.05) is 17.6 Å². The Morgan fingerprint density at radius 2 is 1.87 bits per heavy atom. The van der Waals surface area contributed by atoms with Gasteiger partial charge >= 0.3 is 11.9 Å². The number of hydrogen-bond donors (Lipinski definition) is 2. The van der Waals surface area contributed by atoms with Gasteiger partial charge in [0.15, 0.2) is 29.4 Å². The normalized spacial score (nSPS) is 38.6. The molecule has 1 unspecified atom stereocenters. The lowest BCUT2D eigenvalue weighted by Gasteiger charge is -2.62. The molecule has 5 aliphatic rings. The van der Waals surface area contributed by atoms with Gasteiger partial charge < -0.3 is 29.4 Å². The summed E-state index contributed by atoms with van der Waals surface area (Å²) in [5.74, 6) is -5.29. The summed E-state index contributed by atoms with van der Waals surface area (Å²) in [4.78, 5) is 63.8. The second kappa shape index (κ2) is 12.9. The average Bonchev–Trinajstić information content (AvgIpc) is 3.40. The van der Waals surface area contributed by atoms with Gasteiger partial charge in [0.05, 0.1) is 25.2 Å². The van der Waals surface area contributed by atoms with Crippen LogP contribution < -0.4 is 5.32 Å². The van der Waals surface area contributed by atoms with E-state index in [-0.39, 0.29) is 38.1 Å². The standard InChI is InChI=1S/C34H45FINO10/c1-19(38)37-24(29(43)44-13-7-6-12-36)16-28(42)45-18-26(41)34-27(46-30(2,3)47-34)15-23-22-9-8-20-14-21(39)10-11-31(20,4)33(22,35)25(40)17-32(23,34)5/h8,10-11,22-25,27,40H,6-7,9,12-18H2,1-5H3,(H,37,38)/t22-,23-,24?,25-,27+,31-,32-,33-,34+/m0/s1. The summed E-state index contributed by atoms with van der Waals surface area (Å²) >= 11 is 2.21. The van der Waals surface area contributed by atoms with E-state index < -0.39 is 94.6 Å². The zero-order valence-corrected chi connectivity index (χ0v) is 29.7. The van der Waals surface area contributed by atoms with Crippen LogP contribution in [0.25, 0.3) is 0 Å². The fourth-order valence-electron chi connectivity index (χ4n) is 9.10. The fraction of sp³-hybridized carbons (Fsp3) is 0.735.